The first kappa shape index (κ1) is 23.5. The summed E-state index contributed by atoms with van der Waals surface area (Å²) in [4.78, 5) is 11.4. The number of nitrogens with one attached hydrogen (secondary N) is 2. The summed E-state index contributed by atoms with van der Waals surface area (Å²) >= 11 is 0. The number of nitrogens with zero attached hydrogens (tertiary/aromatic N) is 4. The van der Waals surface area contributed by atoms with Crippen molar-refractivity contribution in [2.75, 3.05) is 71.4 Å². The first-order valence-electron chi connectivity index (χ1n) is 11.2. The van der Waals surface area contributed by atoms with E-state index in [1.54, 1.807) is 19.2 Å². The Labute approximate surface area is 184 Å². The van der Waals surface area contributed by atoms with E-state index in [1.165, 1.54) is 19.5 Å². The summed E-state index contributed by atoms with van der Waals surface area (Å²) < 4.78 is 30.1. The largest absolute Gasteiger partial charge is 0.433 e. The van der Waals surface area contributed by atoms with Crippen molar-refractivity contribution >= 4 is 11.6 Å². The molecule has 2 saturated heterocycles. The Hall–Kier alpha value is -2.13. The maximum Gasteiger partial charge on any atom is 0.387 e. The lowest BCUT2D eigenvalue weighted by Gasteiger charge is -2.23. The topological polar surface area (TPSA) is 55.4 Å². The molecule has 0 amide bonds. The third kappa shape index (κ3) is 7.50. The lowest BCUT2D eigenvalue weighted by atomic mass is 10.2. The predicted octanol–water partition coefficient (Wildman–Crippen LogP) is 2.06. The Balaban J connectivity index is 1.40. The zero-order valence-electron chi connectivity index (χ0n) is 18.7. The minimum atomic E-state index is -2.82. The van der Waals surface area contributed by atoms with Crippen molar-refractivity contribution in [3.8, 4) is 5.75 Å². The van der Waals surface area contributed by atoms with Crippen LogP contribution in [0.4, 0.5) is 14.5 Å². The third-order valence-corrected chi connectivity index (χ3v) is 5.93. The van der Waals surface area contributed by atoms with Crippen LogP contribution in [0.5, 0.6) is 5.75 Å². The summed E-state index contributed by atoms with van der Waals surface area (Å²) in [5.41, 5.74) is 0.707. The number of halogens is 2. The van der Waals surface area contributed by atoms with Gasteiger partial charge in [0.15, 0.2) is 5.96 Å². The monoisotopic (exact) mass is 438 g/mol. The van der Waals surface area contributed by atoms with E-state index in [-0.39, 0.29) is 11.8 Å². The van der Waals surface area contributed by atoms with Crippen LogP contribution in [0.3, 0.4) is 0 Å². The second kappa shape index (κ2) is 12.0. The van der Waals surface area contributed by atoms with Gasteiger partial charge in [0.1, 0.15) is 5.75 Å². The van der Waals surface area contributed by atoms with E-state index in [0.29, 0.717) is 12.2 Å². The van der Waals surface area contributed by atoms with Crippen LogP contribution in [0.15, 0.2) is 29.3 Å². The van der Waals surface area contributed by atoms with Gasteiger partial charge in [0.25, 0.3) is 0 Å². The van der Waals surface area contributed by atoms with Gasteiger partial charge in [-0.25, -0.2) is 0 Å². The van der Waals surface area contributed by atoms with Gasteiger partial charge in [-0.2, -0.15) is 8.78 Å². The molecule has 0 spiro atoms. The van der Waals surface area contributed by atoms with E-state index in [9.17, 15) is 8.78 Å². The molecule has 0 saturated carbocycles. The van der Waals surface area contributed by atoms with Gasteiger partial charge in [-0.3, -0.25) is 4.99 Å². The molecule has 0 radical (unpaired) electrons. The zero-order valence-corrected chi connectivity index (χ0v) is 18.7. The Morgan fingerprint density at radius 1 is 1.19 bits per heavy atom. The van der Waals surface area contributed by atoms with Gasteiger partial charge in [-0.1, -0.05) is 12.1 Å². The van der Waals surface area contributed by atoms with E-state index >= 15 is 0 Å². The molecule has 2 N–H and O–H groups in total. The smallest absolute Gasteiger partial charge is 0.387 e. The van der Waals surface area contributed by atoms with Crippen molar-refractivity contribution in [1.82, 2.24) is 20.4 Å². The summed E-state index contributed by atoms with van der Waals surface area (Å²) in [6.07, 6.45) is 3.21. The Morgan fingerprint density at radius 3 is 2.84 bits per heavy atom. The van der Waals surface area contributed by atoms with Crippen LogP contribution in [-0.2, 0) is 0 Å². The van der Waals surface area contributed by atoms with Gasteiger partial charge in [-0.05, 0) is 58.1 Å². The molecule has 9 heteroatoms. The molecule has 31 heavy (non-hydrogen) atoms. The van der Waals surface area contributed by atoms with Gasteiger partial charge < -0.3 is 30.1 Å². The number of ether oxygens (including phenoxy) is 1. The van der Waals surface area contributed by atoms with E-state index in [1.807, 2.05) is 12.1 Å². The van der Waals surface area contributed by atoms with E-state index in [2.05, 4.69) is 42.1 Å². The van der Waals surface area contributed by atoms with Crippen LogP contribution in [-0.4, -0.2) is 94.9 Å². The van der Waals surface area contributed by atoms with Crippen LogP contribution in [0.1, 0.15) is 19.3 Å². The normalized spacial score (nSPS) is 21.4. The molecule has 0 bridgehead atoms. The highest BCUT2D eigenvalue weighted by Gasteiger charge is 2.26. The van der Waals surface area contributed by atoms with Gasteiger partial charge in [0.05, 0.1) is 5.69 Å². The second-order valence-corrected chi connectivity index (χ2v) is 8.27. The standard InChI is InChI=1S/C22H36F2N6O/c1-25-22(26-10-5-12-29-13-6-11-28(2)15-16-29)27-18-9-14-30(17-18)19-7-3-4-8-20(19)31-21(23)24/h3-4,7-8,18,21H,5-6,9-17H2,1-2H3,(H2,25,26,27). The molecule has 0 aliphatic carbocycles. The van der Waals surface area contributed by atoms with Crippen LogP contribution >= 0.6 is 0 Å². The average molecular weight is 439 g/mol. The molecule has 1 atom stereocenters. The van der Waals surface area contributed by atoms with Crippen LogP contribution in [0, 0.1) is 0 Å². The summed E-state index contributed by atoms with van der Waals surface area (Å²) in [6.45, 7) is 5.26. The molecule has 2 aliphatic heterocycles. The average Bonchev–Trinajstić information content (AvgIpc) is 3.11. The van der Waals surface area contributed by atoms with E-state index in [4.69, 9.17) is 0 Å². The first-order chi connectivity index (χ1) is 15.0. The Morgan fingerprint density at radius 2 is 2.03 bits per heavy atom. The molecule has 2 aliphatic rings. The van der Waals surface area contributed by atoms with Gasteiger partial charge in [-0.15, -0.1) is 0 Å². The highest BCUT2D eigenvalue weighted by atomic mass is 19.3. The Kier molecular flexibility index (Phi) is 9.14. The maximum absolute atomic E-state index is 12.7. The van der Waals surface area contributed by atoms with Crippen molar-refractivity contribution in [1.29, 1.82) is 0 Å². The maximum atomic E-state index is 12.7. The fourth-order valence-electron chi connectivity index (χ4n) is 4.23. The summed E-state index contributed by atoms with van der Waals surface area (Å²) in [5.74, 6) is 1.01. The second-order valence-electron chi connectivity index (χ2n) is 8.27. The quantitative estimate of drug-likeness (QED) is 0.368. The number of hydrogen-bond donors (Lipinski definition) is 2. The molecule has 2 fully saturated rings. The number of guanidine groups is 1. The lowest BCUT2D eigenvalue weighted by Crippen LogP contribution is -2.45. The number of likely N-dealkylation sites (N-methyl/N-ethyl adjacent to an activating group) is 1. The SMILES string of the molecule is CN=C(NCCCN1CCCN(C)CC1)NC1CCN(c2ccccc2OC(F)F)C1. The highest BCUT2D eigenvalue weighted by molar-refractivity contribution is 5.80. The van der Waals surface area contributed by atoms with E-state index < -0.39 is 6.61 Å². The number of hydrogen-bond acceptors (Lipinski definition) is 5. The molecular formula is C22H36F2N6O. The molecular weight excluding hydrogens is 402 g/mol. The van der Waals surface area contributed by atoms with Crippen LogP contribution < -0.4 is 20.3 Å². The van der Waals surface area contributed by atoms with Crippen LogP contribution in [0.2, 0.25) is 0 Å². The number of anilines is 1. The van der Waals surface area contributed by atoms with Gasteiger partial charge >= 0.3 is 6.61 Å². The molecule has 2 heterocycles. The zero-order chi connectivity index (χ0) is 22.1. The molecule has 1 aromatic rings. The molecule has 174 valence electrons. The predicted molar refractivity (Wildman–Crippen MR) is 121 cm³/mol. The molecule has 0 aromatic heterocycles. The summed E-state index contributed by atoms with van der Waals surface area (Å²) in [7, 11) is 3.97. The minimum absolute atomic E-state index is 0.201. The van der Waals surface area contributed by atoms with Gasteiger partial charge in [0.2, 0.25) is 0 Å². The number of rotatable bonds is 8. The minimum Gasteiger partial charge on any atom is -0.433 e. The Bertz CT molecular complexity index is 704. The lowest BCUT2D eigenvalue weighted by molar-refractivity contribution is -0.0495. The van der Waals surface area contributed by atoms with Gasteiger partial charge in [0, 0.05) is 45.8 Å². The first-order valence-corrected chi connectivity index (χ1v) is 11.2. The van der Waals surface area contributed by atoms with Crippen molar-refractivity contribution in [3.05, 3.63) is 24.3 Å². The highest BCUT2D eigenvalue weighted by Crippen LogP contribution is 2.31. The fourth-order valence-corrected chi connectivity index (χ4v) is 4.23. The van der Waals surface area contributed by atoms with Crippen LogP contribution in [0.25, 0.3) is 0 Å². The van der Waals surface area contributed by atoms with E-state index in [0.717, 1.165) is 51.5 Å². The number of alkyl halides is 2. The van der Waals surface area contributed by atoms with Crippen molar-refractivity contribution in [3.63, 3.8) is 0 Å². The third-order valence-electron chi connectivity index (χ3n) is 5.93. The molecule has 7 nitrogen and oxygen atoms in total. The molecule has 1 aromatic carbocycles. The number of para-hydroxylation sites is 2. The van der Waals surface area contributed by atoms with Crippen molar-refractivity contribution in [2.45, 2.75) is 31.9 Å². The summed E-state index contributed by atoms with van der Waals surface area (Å²) in [5, 5.41) is 6.88. The number of aliphatic imine (C=N–C) groups is 1. The molecule has 1 unspecified atom stereocenters. The number of benzene rings is 1. The van der Waals surface area contributed by atoms with Crippen molar-refractivity contribution < 1.29 is 13.5 Å². The van der Waals surface area contributed by atoms with Crippen molar-refractivity contribution in [2.24, 2.45) is 4.99 Å². The summed E-state index contributed by atoms with van der Waals surface area (Å²) in [6, 6.07) is 7.17. The fraction of sp³-hybridized carbons (Fsp3) is 0.682. The molecule has 3 rings (SSSR count).